The molecule has 0 aromatic carbocycles. The topological polar surface area (TPSA) is 40.5 Å². The Bertz CT molecular complexity index is 107. The van der Waals surface area contributed by atoms with Crippen LogP contribution in [0.1, 0.15) is 6.42 Å². The molecule has 0 aromatic rings. The Morgan fingerprint density at radius 2 is 1.73 bits per heavy atom. The van der Waals surface area contributed by atoms with Gasteiger partial charge in [0.25, 0.3) is 0 Å². The van der Waals surface area contributed by atoms with Gasteiger partial charge < -0.3 is 14.7 Å². The van der Waals surface area contributed by atoms with Crippen molar-refractivity contribution in [3.8, 4) is 0 Å². The third-order valence-corrected chi connectivity index (χ3v) is 1.30. The molecule has 2 atom stereocenters. The zero-order valence-electron chi connectivity index (χ0n) is 7.62. The number of aliphatic hydroxyl groups is 2. The summed E-state index contributed by atoms with van der Waals surface area (Å²) in [6.45, 7) is 4.04. The minimum atomic E-state index is -0.656. The van der Waals surface area contributed by atoms with Gasteiger partial charge >= 0.3 is 0 Å². The van der Waals surface area contributed by atoms with Gasteiger partial charge in [-0.15, -0.1) is 0 Å². The molecular formula is C8H19NO2+. The van der Waals surface area contributed by atoms with Crippen molar-refractivity contribution in [3.63, 3.8) is 0 Å². The van der Waals surface area contributed by atoms with Crippen LogP contribution in [0.15, 0.2) is 0 Å². The van der Waals surface area contributed by atoms with E-state index in [4.69, 9.17) is 5.11 Å². The van der Waals surface area contributed by atoms with Crippen LogP contribution in [0.5, 0.6) is 0 Å². The molecule has 2 N–H and O–H groups in total. The maximum atomic E-state index is 9.34. The average molecular weight is 161 g/mol. The minimum Gasteiger partial charge on any atom is -0.393 e. The van der Waals surface area contributed by atoms with Crippen LogP contribution in [0.3, 0.4) is 0 Å². The molecule has 0 saturated carbocycles. The van der Waals surface area contributed by atoms with Gasteiger partial charge in [0.05, 0.1) is 27.2 Å². The summed E-state index contributed by atoms with van der Waals surface area (Å²) < 4.78 is 0.702. The van der Waals surface area contributed by atoms with Crippen molar-refractivity contribution in [1.29, 1.82) is 0 Å². The van der Waals surface area contributed by atoms with E-state index >= 15 is 0 Å². The molecule has 0 spiro atoms. The summed E-state index contributed by atoms with van der Waals surface area (Å²) >= 11 is 0. The predicted molar refractivity (Wildman–Crippen MR) is 44.9 cm³/mol. The second-order valence-corrected chi connectivity index (χ2v) is 4.02. The van der Waals surface area contributed by atoms with E-state index < -0.39 is 12.2 Å². The molecule has 0 aliphatic heterocycles. The molecule has 3 heteroatoms. The molecule has 0 amide bonds. The molecule has 0 saturated heterocycles. The third-order valence-electron chi connectivity index (χ3n) is 1.30. The van der Waals surface area contributed by atoms with Crippen molar-refractivity contribution >= 4 is 0 Å². The highest BCUT2D eigenvalue weighted by Gasteiger charge is 2.16. The average Bonchev–Trinajstić information content (AvgIpc) is 1.53. The fourth-order valence-corrected chi connectivity index (χ4v) is 1.02. The molecule has 0 aromatic heterocycles. The first kappa shape index (κ1) is 10.9. The van der Waals surface area contributed by atoms with Crippen LogP contribution in [0.2, 0.25) is 0 Å². The van der Waals surface area contributed by atoms with E-state index in [1.807, 2.05) is 21.1 Å². The first-order valence-corrected chi connectivity index (χ1v) is 3.81. The Hall–Kier alpha value is -0.120. The summed E-state index contributed by atoms with van der Waals surface area (Å²) in [6.07, 6.45) is -0.755. The molecule has 1 radical (unpaired) electrons. The van der Waals surface area contributed by atoms with Crippen LogP contribution in [-0.4, -0.2) is 54.6 Å². The van der Waals surface area contributed by atoms with Gasteiger partial charge in [-0.05, 0) is 6.92 Å². The lowest BCUT2D eigenvalue weighted by atomic mass is 10.1. The number of aliphatic hydroxyl groups excluding tert-OH is 2. The number of hydrogen-bond donors (Lipinski definition) is 2. The van der Waals surface area contributed by atoms with Gasteiger partial charge in [-0.2, -0.15) is 0 Å². The smallest absolute Gasteiger partial charge is 0.105 e. The summed E-state index contributed by atoms with van der Waals surface area (Å²) in [4.78, 5) is 0. The quantitative estimate of drug-likeness (QED) is 0.553. The summed E-state index contributed by atoms with van der Waals surface area (Å²) in [7, 11) is 6.00. The van der Waals surface area contributed by atoms with E-state index in [2.05, 4.69) is 6.92 Å². The van der Waals surface area contributed by atoms with E-state index in [0.29, 0.717) is 17.4 Å². The maximum absolute atomic E-state index is 9.34. The van der Waals surface area contributed by atoms with Gasteiger partial charge in [0.15, 0.2) is 0 Å². The standard InChI is InChI=1S/C8H19NO2/c1-7(10)5-8(11)6-9(2,3)4/h7-8,10-11H,1,5-6H2,2-4H3/q+1. The van der Waals surface area contributed by atoms with Crippen molar-refractivity contribution in [2.45, 2.75) is 18.6 Å². The maximum Gasteiger partial charge on any atom is 0.105 e. The predicted octanol–water partition coefficient (Wildman–Crippen LogP) is -0.361. The highest BCUT2D eigenvalue weighted by Crippen LogP contribution is 2.01. The summed E-state index contributed by atoms with van der Waals surface area (Å²) in [6, 6.07) is 0. The van der Waals surface area contributed by atoms with E-state index in [0.717, 1.165) is 0 Å². The number of nitrogens with zero attached hydrogens (tertiary/aromatic N) is 1. The third kappa shape index (κ3) is 7.78. The fraction of sp³-hybridized carbons (Fsp3) is 0.875. The van der Waals surface area contributed by atoms with Crippen molar-refractivity contribution < 1.29 is 14.7 Å². The van der Waals surface area contributed by atoms with E-state index in [-0.39, 0.29) is 0 Å². The first-order chi connectivity index (χ1) is 4.81. The monoisotopic (exact) mass is 161 g/mol. The zero-order chi connectivity index (χ0) is 9.07. The molecule has 0 bridgehead atoms. The van der Waals surface area contributed by atoms with Crippen LogP contribution in [0.4, 0.5) is 0 Å². The molecule has 0 fully saturated rings. The number of likely N-dealkylation sites (N-methyl/N-ethyl adjacent to an activating group) is 1. The first-order valence-electron chi connectivity index (χ1n) is 3.81. The summed E-state index contributed by atoms with van der Waals surface area (Å²) in [5, 5.41) is 18.2. The van der Waals surface area contributed by atoms with Gasteiger partial charge in [-0.3, -0.25) is 0 Å². The van der Waals surface area contributed by atoms with E-state index in [1.165, 1.54) is 0 Å². The van der Waals surface area contributed by atoms with Crippen LogP contribution >= 0.6 is 0 Å². The SMILES string of the molecule is [CH2]C(O)CC(O)C[N+](C)(C)C. The Morgan fingerprint density at radius 3 is 2.00 bits per heavy atom. The number of rotatable bonds is 4. The lowest BCUT2D eigenvalue weighted by Crippen LogP contribution is -2.42. The fourth-order valence-electron chi connectivity index (χ4n) is 1.02. The summed E-state index contributed by atoms with van der Waals surface area (Å²) in [5.41, 5.74) is 0. The second-order valence-electron chi connectivity index (χ2n) is 4.02. The zero-order valence-corrected chi connectivity index (χ0v) is 7.62. The molecule has 0 heterocycles. The Labute approximate surface area is 68.9 Å². The Balaban J connectivity index is 3.61. The van der Waals surface area contributed by atoms with Gasteiger partial charge in [-0.1, -0.05) is 0 Å². The van der Waals surface area contributed by atoms with E-state index in [1.54, 1.807) is 0 Å². The number of quaternary nitrogens is 1. The molecule has 0 rings (SSSR count). The summed E-state index contributed by atoms with van der Waals surface area (Å²) in [5.74, 6) is 0. The second kappa shape index (κ2) is 4.04. The molecule has 67 valence electrons. The number of hydrogen-bond acceptors (Lipinski definition) is 2. The van der Waals surface area contributed by atoms with E-state index in [9.17, 15) is 5.11 Å². The minimum absolute atomic E-state index is 0.357. The van der Waals surface area contributed by atoms with Gasteiger partial charge in [-0.25, -0.2) is 0 Å². The van der Waals surface area contributed by atoms with Crippen molar-refractivity contribution in [3.05, 3.63) is 6.92 Å². The van der Waals surface area contributed by atoms with Crippen molar-refractivity contribution in [1.82, 2.24) is 0 Å². The van der Waals surface area contributed by atoms with Crippen LogP contribution in [-0.2, 0) is 0 Å². The lowest BCUT2D eigenvalue weighted by Gasteiger charge is -2.27. The molecular weight excluding hydrogens is 142 g/mol. The molecule has 11 heavy (non-hydrogen) atoms. The largest absolute Gasteiger partial charge is 0.393 e. The molecule has 0 aliphatic carbocycles. The van der Waals surface area contributed by atoms with Crippen LogP contribution in [0.25, 0.3) is 0 Å². The lowest BCUT2D eigenvalue weighted by molar-refractivity contribution is -0.873. The van der Waals surface area contributed by atoms with Gasteiger partial charge in [0, 0.05) is 6.42 Å². The van der Waals surface area contributed by atoms with Crippen molar-refractivity contribution in [2.75, 3.05) is 27.7 Å². The van der Waals surface area contributed by atoms with Crippen LogP contribution < -0.4 is 0 Å². The molecule has 0 aliphatic rings. The van der Waals surface area contributed by atoms with Gasteiger partial charge in [0.2, 0.25) is 0 Å². The highest BCUT2D eigenvalue weighted by atomic mass is 16.3. The molecule has 3 nitrogen and oxygen atoms in total. The van der Waals surface area contributed by atoms with Crippen LogP contribution in [0, 0.1) is 6.92 Å². The highest BCUT2D eigenvalue weighted by molar-refractivity contribution is 4.63. The normalized spacial score (nSPS) is 18.0. The van der Waals surface area contributed by atoms with Gasteiger partial charge in [0.1, 0.15) is 12.6 Å². The van der Waals surface area contributed by atoms with Crippen molar-refractivity contribution in [2.24, 2.45) is 0 Å². The molecule has 2 unspecified atom stereocenters. The Kier molecular flexibility index (Phi) is 4.00. The Morgan fingerprint density at radius 1 is 1.27 bits per heavy atom.